The van der Waals surface area contributed by atoms with Gasteiger partial charge < -0.3 is 19.6 Å². The number of nitrogens with zero attached hydrogens (tertiary/aromatic N) is 3. The van der Waals surface area contributed by atoms with Gasteiger partial charge in [0, 0.05) is 24.9 Å². The fourth-order valence-corrected chi connectivity index (χ4v) is 4.46. The summed E-state index contributed by atoms with van der Waals surface area (Å²) in [6.07, 6.45) is 1.88. The third kappa shape index (κ3) is 2.57. The number of hydrogen-bond acceptors (Lipinski definition) is 5. The molecule has 9 nitrogen and oxygen atoms in total. The first-order valence-electron chi connectivity index (χ1n) is 8.89. The summed E-state index contributed by atoms with van der Waals surface area (Å²) in [7, 11) is 0. The van der Waals surface area contributed by atoms with Crippen LogP contribution in [0.5, 0.6) is 0 Å². The highest BCUT2D eigenvalue weighted by Gasteiger charge is 2.61. The van der Waals surface area contributed by atoms with E-state index in [9.17, 15) is 9.59 Å². The number of amides is 2. The number of benzene rings is 1. The predicted octanol–water partition coefficient (Wildman–Crippen LogP) is 0.827. The summed E-state index contributed by atoms with van der Waals surface area (Å²) in [6.45, 7) is 1.71. The smallest absolute Gasteiger partial charge is 0.290 e. The fourth-order valence-electron chi connectivity index (χ4n) is 4.46. The Kier molecular flexibility index (Phi) is 4.31. The number of ether oxygens (including phenoxy) is 1. The van der Waals surface area contributed by atoms with Gasteiger partial charge in [-0.15, -0.1) is 0 Å². The van der Waals surface area contributed by atoms with Crippen molar-refractivity contribution in [1.82, 2.24) is 20.0 Å². The van der Waals surface area contributed by atoms with E-state index >= 15 is 0 Å². The molecule has 1 aromatic carbocycles. The minimum Gasteiger partial charge on any atom is -0.483 e. The van der Waals surface area contributed by atoms with Gasteiger partial charge in [-0.2, -0.15) is 5.10 Å². The number of nitrogens with one attached hydrogen (secondary N) is 1. The summed E-state index contributed by atoms with van der Waals surface area (Å²) in [6, 6.07) is 7.37. The Balaban J connectivity index is 0.000000565. The van der Waals surface area contributed by atoms with Gasteiger partial charge in [0.05, 0.1) is 24.6 Å². The maximum Gasteiger partial charge on any atom is 0.290 e. The topological polar surface area (TPSA) is 116 Å². The van der Waals surface area contributed by atoms with Crippen LogP contribution in [0.2, 0.25) is 0 Å². The van der Waals surface area contributed by atoms with Gasteiger partial charge in [0.25, 0.3) is 12.4 Å². The number of aromatic nitrogens is 2. The standard InChI is InChI=1S/C17H18N4O3.CH2O2/c22-14-10-13-17(21(14)7-3-9-24-17)6-8-20(13)16(23)15-11-4-1-2-5-12(11)18-19-15;2-1-3/h1-2,4-5,13H,3,6-10H2,(H,18,19);1H,(H,2,3)/t13-,17+;/m1./s1. The Labute approximate surface area is 154 Å². The maximum absolute atomic E-state index is 13.1. The quantitative estimate of drug-likeness (QED) is 0.716. The van der Waals surface area contributed by atoms with E-state index in [1.165, 1.54) is 0 Å². The van der Waals surface area contributed by atoms with Crippen LogP contribution in [-0.4, -0.2) is 74.9 Å². The second-order valence-electron chi connectivity index (χ2n) is 6.78. The van der Waals surface area contributed by atoms with Crippen molar-refractivity contribution in [1.29, 1.82) is 0 Å². The van der Waals surface area contributed by atoms with Crippen LogP contribution in [0.25, 0.3) is 10.9 Å². The molecule has 0 aliphatic carbocycles. The van der Waals surface area contributed by atoms with Gasteiger partial charge in [0.2, 0.25) is 5.91 Å². The van der Waals surface area contributed by atoms with E-state index < -0.39 is 5.72 Å². The van der Waals surface area contributed by atoms with Crippen molar-refractivity contribution in [2.24, 2.45) is 0 Å². The molecular weight excluding hydrogens is 352 g/mol. The minimum absolute atomic E-state index is 0.0871. The predicted molar refractivity (Wildman–Crippen MR) is 93.9 cm³/mol. The molecule has 3 fully saturated rings. The normalized spacial score (nSPS) is 26.4. The molecule has 0 unspecified atom stereocenters. The highest BCUT2D eigenvalue weighted by molar-refractivity contribution is 6.05. The summed E-state index contributed by atoms with van der Waals surface area (Å²) >= 11 is 0. The molecule has 142 valence electrons. The number of aromatic amines is 1. The first-order chi connectivity index (χ1) is 13.1. The van der Waals surface area contributed by atoms with E-state index in [0.717, 1.165) is 23.9 Å². The lowest BCUT2D eigenvalue weighted by atomic mass is 10.0. The van der Waals surface area contributed by atoms with Crippen molar-refractivity contribution in [3.8, 4) is 0 Å². The molecule has 0 bridgehead atoms. The zero-order valence-electron chi connectivity index (χ0n) is 14.6. The summed E-state index contributed by atoms with van der Waals surface area (Å²) in [5.74, 6) is -0.0396. The number of carbonyl (C=O) groups excluding carboxylic acids is 2. The van der Waals surface area contributed by atoms with E-state index in [0.29, 0.717) is 31.7 Å². The van der Waals surface area contributed by atoms with Gasteiger partial charge in [-0.3, -0.25) is 19.5 Å². The first-order valence-corrected chi connectivity index (χ1v) is 8.89. The number of H-pyrrole nitrogens is 1. The monoisotopic (exact) mass is 372 g/mol. The molecule has 3 saturated heterocycles. The maximum atomic E-state index is 13.1. The van der Waals surface area contributed by atoms with Crippen molar-refractivity contribution in [3.63, 3.8) is 0 Å². The van der Waals surface area contributed by atoms with E-state index in [-0.39, 0.29) is 24.3 Å². The molecule has 1 spiro atoms. The van der Waals surface area contributed by atoms with E-state index in [1.54, 1.807) is 4.90 Å². The lowest BCUT2D eigenvalue weighted by Gasteiger charge is -2.42. The SMILES string of the molecule is O=C(c1n[nH]c2ccccc12)N1CC[C@@]23OCCCN2C(=O)C[C@@H]13.O=CO. The van der Waals surface area contributed by atoms with Crippen molar-refractivity contribution in [3.05, 3.63) is 30.0 Å². The van der Waals surface area contributed by atoms with Crippen LogP contribution in [0.4, 0.5) is 0 Å². The summed E-state index contributed by atoms with van der Waals surface area (Å²) in [4.78, 5) is 37.5. The van der Waals surface area contributed by atoms with E-state index in [1.807, 2.05) is 29.2 Å². The lowest BCUT2D eigenvalue weighted by Crippen LogP contribution is -2.56. The second-order valence-corrected chi connectivity index (χ2v) is 6.78. The molecule has 2 amide bonds. The Morgan fingerprint density at radius 1 is 1.37 bits per heavy atom. The van der Waals surface area contributed by atoms with Gasteiger partial charge in [0.15, 0.2) is 11.4 Å². The van der Waals surface area contributed by atoms with Crippen LogP contribution in [-0.2, 0) is 14.3 Å². The van der Waals surface area contributed by atoms with Gasteiger partial charge in [-0.05, 0) is 12.5 Å². The molecule has 4 heterocycles. The van der Waals surface area contributed by atoms with Crippen molar-refractivity contribution in [2.75, 3.05) is 19.7 Å². The van der Waals surface area contributed by atoms with Crippen molar-refractivity contribution >= 4 is 29.2 Å². The molecule has 3 aliphatic rings. The molecule has 0 saturated carbocycles. The van der Waals surface area contributed by atoms with Crippen LogP contribution < -0.4 is 0 Å². The zero-order chi connectivity index (χ0) is 19.0. The summed E-state index contributed by atoms with van der Waals surface area (Å²) in [5.41, 5.74) is 0.647. The van der Waals surface area contributed by atoms with Gasteiger partial charge in [-0.25, -0.2) is 0 Å². The number of para-hydroxylation sites is 1. The number of fused-ring (bicyclic) bond motifs is 1. The average Bonchev–Trinajstić information content (AvgIpc) is 3.32. The molecule has 9 heteroatoms. The lowest BCUT2D eigenvalue weighted by molar-refractivity contribution is -0.179. The Hall–Kier alpha value is -2.94. The average molecular weight is 372 g/mol. The number of carboxylic acid groups (broad SMARTS) is 1. The Bertz CT molecular complexity index is 897. The fraction of sp³-hybridized carbons (Fsp3) is 0.444. The first kappa shape index (κ1) is 17.5. The summed E-state index contributed by atoms with van der Waals surface area (Å²) in [5, 5.41) is 14.8. The largest absolute Gasteiger partial charge is 0.483 e. The van der Waals surface area contributed by atoms with Gasteiger partial charge >= 0.3 is 0 Å². The van der Waals surface area contributed by atoms with Gasteiger partial charge in [-0.1, -0.05) is 18.2 Å². The van der Waals surface area contributed by atoms with Crippen molar-refractivity contribution < 1.29 is 24.2 Å². The number of likely N-dealkylation sites (tertiary alicyclic amines) is 1. The third-order valence-corrected chi connectivity index (χ3v) is 5.55. The molecule has 2 N–H and O–H groups in total. The molecular formula is C18H20N4O5. The molecule has 0 radical (unpaired) electrons. The molecule has 5 rings (SSSR count). The van der Waals surface area contributed by atoms with Crippen LogP contribution in [0.3, 0.4) is 0 Å². The minimum atomic E-state index is -0.614. The number of rotatable bonds is 1. The molecule has 2 aromatic rings. The van der Waals surface area contributed by atoms with Crippen LogP contribution in [0, 0.1) is 0 Å². The highest BCUT2D eigenvalue weighted by Crippen LogP contribution is 2.45. The molecule has 27 heavy (non-hydrogen) atoms. The van der Waals surface area contributed by atoms with E-state index in [2.05, 4.69) is 10.2 Å². The molecule has 1 aromatic heterocycles. The van der Waals surface area contributed by atoms with E-state index in [4.69, 9.17) is 14.6 Å². The number of hydrogen-bond donors (Lipinski definition) is 2. The molecule has 3 aliphatic heterocycles. The van der Waals surface area contributed by atoms with Crippen LogP contribution >= 0.6 is 0 Å². The van der Waals surface area contributed by atoms with Crippen molar-refractivity contribution in [2.45, 2.75) is 31.0 Å². The second kappa shape index (κ2) is 6.66. The third-order valence-electron chi connectivity index (χ3n) is 5.55. The summed E-state index contributed by atoms with van der Waals surface area (Å²) < 4.78 is 6.05. The van der Waals surface area contributed by atoms with Crippen LogP contribution in [0.1, 0.15) is 29.8 Å². The van der Waals surface area contributed by atoms with Gasteiger partial charge in [0.1, 0.15) is 0 Å². The molecule has 2 atom stereocenters. The number of carbonyl (C=O) groups is 3. The van der Waals surface area contributed by atoms with Crippen LogP contribution in [0.15, 0.2) is 24.3 Å². The highest BCUT2D eigenvalue weighted by atomic mass is 16.5. The Morgan fingerprint density at radius 2 is 2.15 bits per heavy atom. The zero-order valence-corrected chi connectivity index (χ0v) is 14.6. The Morgan fingerprint density at radius 3 is 2.96 bits per heavy atom.